The molecule has 0 bridgehead atoms. The first-order valence-corrected chi connectivity index (χ1v) is 10.5. The molecule has 152 valence electrons. The van der Waals surface area contributed by atoms with Gasteiger partial charge in [-0.1, -0.05) is 54.1 Å². The third kappa shape index (κ3) is 3.61. The van der Waals surface area contributed by atoms with Crippen molar-refractivity contribution in [2.75, 3.05) is 0 Å². The maximum Gasteiger partial charge on any atom is 0.337 e. The van der Waals surface area contributed by atoms with Crippen molar-refractivity contribution in [1.82, 2.24) is 9.97 Å². The average Bonchev–Trinajstić information content (AvgIpc) is 2.83. The number of benzene rings is 2. The predicted molar refractivity (Wildman–Crippen MR) is 124 cm³/mol. The second-order valence-corrected chi connectivity index (χ2v) is 7.86. The molecule has 0 fully saturated rings. The van der Waals surface area contributed by atoms with Crippen LogP contribution in [0.25, 0.3) is 27.1 Å². The van der Waals surface area contributed by atoms with Gasteiger partial charge in [0.15, 0.2) is 0 Å². The number of hydrogen-bond acceptors (Lipinski definition) is 3. The number of fused-ring (bicyclic) bond motifs is 5. The van der Waals surface area contributed by atoms with Crippen molar-refractivity contribution in [3.05, 3.63) is 102 Å². The Kier molecular flexibility index (Phi) is 5.04. The SMILES string of the molecule is C1=CC2=C(CC1)CCc1c2ccc2ccccc12.O=C(O)c1cncc2cnccc12. The van der Waals surface area contributed by atoms with E-state index in [-0.39, 0.29) is 5.56 Å². The van der Waals surface area contributed by atoms with E-state index >= 15 is 0 Å². The van der Waals surface area contributed by atoms with Crippen LogP contribution in [0.2, 0.25) is 0 Å². The Labute approximate surface area is 180 Å². The summed E-state index contributed by atoms with van der Waals surface area (Å²) in [5.41, 5.74) is 6.41. The number of aromatic carboxylic acids is 1. The molecule has 4 aromatic rings. The number of rotatable bonds is 1. The molecule has 0 amide bonds. The average molecular weight is 406 g/mol. The lowest BCUT2D eigenvalue weighted by Gasteiger charge is -2.25. The monoisotopic (exact) mass is 406 g/mol. The molecule has 6 rings (SSSR count). The van der Waals surface area contributed by atoms with E-state index in [1.807, 2.05) is 0 Å². The Morgan fingerprint density at radius 2 is 1.71 bits per heavy atom. The van der Waals surface area contributed by atoms with E-state index in [9.17, 15) is 4.79 Å². The van der Waals surface area contributed by atoms with E-state index in [0.29, 0.717) is 5.39 Å². The van der Waals surface area contributed by atoms with Crippen molar-refractivity contribution in [3.63, 3.8) is 0 Å². The number of allylic oxidation sites excluding steroid dienone is 4. The summed E-state index contributed by atoms with van der Waals surface area (Å²) < 4.78 is 0. The molecule has 0 atom stereocenters. The van der Waals surface area contributed by atoms with E-state index in [1.54, 1.807) is 35.8 Å². The summed E-state index contributed by atoms with van der Waals surface area (Å²) >= 11 is 0. The van der Waals surface area contributed by atoms with Crippen molar-refractivity contribution < 1.29 is 9.90 Å². The van der Waals surface area contributed by atoms with Crippen molar-refractivity contribution in [2.45, 2.75) is 25.7 Å². The van der Waals surface area contributed by atoms with Gasteiger partial charge in [-0.25, -0.2) is 4.79 Å². The number of nitrogens with zero attached hydrogens (tertiary/aromatic N) is 2. The van der Waals surface area contributed by atoms with Gasteiger partial charge in [-0.2, -0.15) is 0 Å². The molecular weight excluding hydrogens is 384 g/mol. The second-order valence-electron chi connectivity index (χ2n) is 7.86. The molecule has 31 heavy (non-hydrogen) atoms. The van der Waals surface area contributed by atoms with Crippen LogP contribution in [0.3, 0.4) is 0 Å². The van der Waals surface area contributed by atoms with Gasteiger partial charge in [-0.3, -0.25) is 9.97 Å². The van der Waals surface area contributed by atoms with Crippen LogP contribution >= 0.6 is 0 Å². The van der Waals surface area contributed by atoms with Gasteiger partial charge in [0.05, 0.1) is 5.56 Å². The normalized spacial score (nSPS) is 14.6. The highest BCUT2D eigenvalue weighted by molar-refractivity contribution is 6.02. The number of carboxylic acids is 1. The van der Waals surface area contributed by atoms with Gasteiger partial charge < -0.3 is 5.11 Å². The van der Waals surface area contributed by atoms with Crippen molar-refractivity contribution in [1.29, 1.82) is 0 Å². The van der Waals surface area contributed by atoms with Gasteiger partial charge in [0, 0.05) is 35.6 Å². The minimum Gasteiger partial charge on any atom is -0.478 e. The Morgan fingerprint density at radius 1 is 0.839 bits per heavy atom. The van der Waals surface area contributed by atoms with Gasteiger partial charge in [-0.05, 0) is 59.2 Å². The minimum atomic E-state index is -0.968. The first-order chi connectivity index (χ1) is 15.2. The number of hydrogen-bond donors (Lipinski definition) is 1. The molecular formula is C27H22N2O2. The van der Waals surface area contributed by atoms with Crippen molar-refractivity contribution in [3.8, 4) is 0 Å². The molecule has 4 heteroatoms. The summed E-state index contributed by atoms with van der Waals surface area (Å²) in [4.78, 5) is 18.4. The first-order valence-electron chi connectivity index (χ1n) is 10.5. The number of pyridine rings is 2. The lowest BCUT2D eigenvalue weighted by Crippen LogP contribution is -2.06. The Bertz CT molecular complexity index is 1360. The summed E-state index contributed by atoms with van der Waals surface area (Å²) in [6, 6.07) is 15.0. The molecule has 2 aliphatic rings. The Morgan fingerprint density at radius 3 is 2.61 bits per heavy atom. The molecule has 0 saturated carbocycles. The van der Waals surface area contributed by atoms with Gasteiger partial charge >= 0.3 is 5.97 Å². The third-order valence-electron chi connectivity index (χ3n) is 6.08. The van der Waals surface area contributed by atoms with E-state index in [4.69, 9.17) is 5.11 Å². The summed E-state index contributed by atoms with van der Waals surface area (Å²) in [6.07, 6.45) is 15.7. The molecule has 2 aliphatic carbocycles. The van der Waals surface area contributed by atoms with Gasteiger partial charge in [0.25, 0.3) is 0 Å². The Hall–Kier alpha value is -3.79. The van der Waals surface area contributed by atoms with E-state index in [2.05, 4.69) is 58.5 Å². The van der Waals surface area contributed by atoms with Crippen LogP contribution < -0.4 is 0 Å². The first kappa shape index (κ1) is 19.2. The largest absolute Gasteiger partial charge is 0.478 e. The fourth-order valence-electron chi connectivity index (χ4n) is 4.57. The molecule has 0 saturated heterocycles. The van der Waals surface area contributed by atoms with E-state index in [1.165, 1.54) is 53.8 Å². The van der Waals surface area contributed by atoms with Crippen molar-refractivity contribution >= 4 is 33.1 Å². The number of aryl methyl sites for hydroxylation is 1. The van der Waals surface area contributed by atoms with Crippen LogP contribution in [-0.4, -0.2) is 21.0 Å². The topological polar surface area (TPSA) is 63.1 Å². The van der Waals surface area contributed by atoms with Crippen LogP contribution in [0.1, 0.15) is 40.7 Å². The van der Waals surface area contributed by atoms with Gasteiger partial charge in [-0.15, -0.1) is 0 Å². The Balaban J connectivity index is 0.000000140. The maximum atomic E-state index is 10.8. The van der Waals surface area contributed by atoms with Crippen LogP contribution in [0.4, 0.5) is 0 Å². The molecule has 1 N–H and O–H groups in total. The molecule has 0 unspecified atom stereocenters. The zero-order chi connectivity index (χ0) is 21.2. The summed E-state index contributed by atoms with van der Waals surface area (Å²) in [5, 5.41) is 13.0. The predicted octanol–water partition coefficient (Wildman–Crippen LogP) is 6.22. The molecule has 0 aliphatic heterocycles. The van der Waals surface area contributed by atoms with Gasteiger partial charge in [0.2, 0.25) is 0 Å². The number of aromatic nitrogens is 2. The molecule has 4 nitrogen and oxygen atoms in total. The van der Waals surface area contributed by atoms with E-state index < -0.39 is 5.97 Å². The highest BCUT2D eigenvalue weighted by Gasteiger charge is 2.20. The number of carbonyl (C=O) groups is 1. The molecule has 2 heterocycles. The second kappa shape index (κ2) is 8.15. The van der Waals surface area contributed by atoms with Gasteiger partial charge in [0.1, 0.15) is 0 Å². The summed E-state index contributed by atoms with van der Waals surface area (Å²) in [7, 11) is 0. The fourth-order valence-corrected chi connectivity index (χ4v) is 4.57. The molecule has 0 spiro atoms. The van der Waals surface area contributed by atoms with E-state index in [0.717, 1.165) is 5.39 Å². The minimum absolute atomic E-state index is 0.208. The zero-order valence-corrected chi connectivity index (χ0v) is 17.1. The highest BCUT2D eigenvalue weighted by atomic mass is 16.4. The number of carboxylic acid groups (broad SMARTS) is 1. The molecule has 0 radical (unpaired) electrons. The van der Waals surface area contributed by atoms with Crippen molar-refractivity contribution in [2.24, 2.45) is 0 Å². The fraction of sp³-hybridized carbons (Fsp3) is 0.148. The zero-order valence-electron chi connectivity index (χ0n) is 17.1. The third-order valence-corrected chi connectivity index (χ3v) is 6.08. The standard InChI is InChI=1S/C18H16.C9H6N2O2/c1-3-7-15-13(5-1)9-11-18-16-8-4-2-6-14(16)10-12-17(15)18;12-9(13)8-5-11-4-6-3-10-2-1-7(6)8/h1,3-5,7-9,11H,2,6,10,12H2;1-5H,(H,12,13). The maximum absolute atomic E-state index is 10.8. The van der Waals surface area contributed by atoms with Crippen LogP contribution in [0.15, 0.2) is 85.0 Å². The molecule has 2 aromatic heterocycles. The van der Waals surface area contributed by atoms with Crippen LogP contribution in [0.5, 0.6) is 0 Å². The smallest absolute Gasteiger partial charge is 0.337 e. The quantitative estimate of drug-likeness (QED) is 0.408. The lowest BCUT2D eigenvalue weighted by molar-refractivity contribution is 0.0698. The highest BCUT2D eigenvalue weighted by Crippen LogP contribution is 2.39. The summed E-state index contributed by atoms with van der Waals surface area (Å²) in [6.45, 7) is 0. The summed E-state index contributed by atoms with van der Waals surface area (Å²) in [5.74, 6) is -0.968. The van der Waals surface area contributed by atoms with Crippen LogP contribution in [-0.2, 0) is 6.42 Å². The lowest BCUT2D eigenvalue weighted by atomic mass is 9.80. The molecule has 2 aromatic carbocycles. The van der Waals surface area contributed by atoms with Crippen LogP contribution in [0, 0.1) is 0 Å².